The molecule has 0 aliphatic rings. The molecule has 0 aliphatic heterocycles. The first-order chi connectivity index (χ1) is 8.00. The zero-order valence-corrected chi connectivity index (χ0v) is 9.19. The molecule has 1 rings (SSSR count). The molecule has 0 spiro atoms. The number of nitrogens with one attached hydrogen (secondary N) is 2. The number of amides is 2. The number of carboxylic acid groups (broad SMARTS) is 1. The molecule has 1 aromatic rings. The Kier molecular flexibility index (Phi) is 4.21. The molecule has 2 amide bonds. The lowest BCUT2D eigenvalue weighted by Crippen LogP contribution is -2.31. The summed E-state index contributed by atoms with van der Waals surface area (Å²) in [5.41, 5.74) is 0.207. The number of aromatic carboxylic acids is 1. The zero-order valence-electron chi connectivity index (χ0n) is 9.19. The van der Waals surface area contributed by atoms with Gasteiger partial charge in [-0.25, -0.2) is 4.79 Å². The van der Waals surface area contributed by atoms with Crippen LogP contribution in [0.2, 0.25) is 0 Å². The lowest BCUT2D eigenvalue weighted by atomic mass is 10.2. The van der Waals surface area contributed by atoms with Crippen molar-refractivity contribution in [3.63, 3.8) is 0 Å². The van der Waals surface area contributed by atoms with Crippen LogP contribution in [0.5, 0.6) is 0 Å². The van der Waals surface area contributed by atoms with E-state index in [-0.39, 0.29) is 23.7 Å². The fourth-order valence-corrected chi connectivity index (χ4v) is 1.18. The van der Waals surface area contributed by atoms with Gasteiger partial charge in [0.15, 0.2) is 0 Å². The maximum Gasteiger partial charge on any atom is 0.337 e. The smallest absolute Gasteiger partial charge is 0.337 e. The van der Waals surface area contributed by atoms with E-state index in [2.05, 4.69) is 10.6 Å². The average Bonchev–Trinajstić information content (AvgIpc) is 2.27. The van der Waals surface area contributed by atoms with Gasteiger partial charge in [-0.15, -0.1) is 0 Å². The molecule has 6 nitrogen and oxygen atoms in total. The summed E-state index contributed by atoms with van der Waals surface area (Å²) in [5.74, 6) is -1.93. The standard InChI is InChI=1S/C11H12N2O4/c1-7(14)12-6-10(15)13-9-5-3-2-4-8(9)11(16)17/h2-5H,6H2,1H3,(H,12,14)(H,13,15)(H,16,17). The predicted octanol–water partition coefficient (Wildman–Crippen LogP) is 0.459. The number of benzene rings is 1. The first-order valence-electron chi connectivity index (χ1n) is 4.87. The predicted molar refractivity (Wildman–Crippen MR) is 60.7 cm³/mol. The highest BCUT2D eigenvalue weighted by Crippen LogP contribution is 2.14. The van der Waals surface area contributed by atoms with Gasteiger partial charge < -0.3 is 15.7 Å². The third kappa shape index (κ3) is 3.94. The number of carboxylic acids is 1. The van der Waals surface area contributed by atoms with Crippen LogP contribution in [0.1, 0.15) is 17.3 Å². The molecule has 0 fully saturated rings. The SMILES string of the molecule is CC(=O)NCC(=O)Nc1ccccc1C(=O)O. The summed E-state index contributed by atoms with van der Waals surface area (Å²) >= 11 is 0. The molecule has 0 atom stereocenters. The van der Waals surface area contributed by atoms with Gasteiger partial charge in [0.05, 0.1) is 17.8 Å². The van der Waals surface area contributed by atoms with E-state index in [4.69, 9.17) is 5.11 Å². The van der Waals surface area contributed by atoms with Crippen molar-refractivity contribution in [1.82, 2.24) is 5.32 Å². The van der Waals surface area contributed by atoms with Crippen molar-refractivity contribution in [2.75, 3.05) is 11.9 Å². The quantitative estimate of drug-likeness (QED) is 0.707. The van der Waals surface area contributed by atoms with Crippen LogP contribution < -0.4 is 10.6 Å². The molecule has 0 saturated carbocycles. The second-order valence-corrected chi connectivity index (χ2v) is 3.31. The highest BCUT2D eigenvalue weighted by Gasteiger charge is 2.11. The lowest BCUT2D eigenvalue weighted by molar-refractivity contribution is -0.122. The Morgan fingerprint density at radius 1 is 1.24 bits per heavy atom. The fraction of sp³-hybridized carbons (Fsp3) is 0.182. The maximum atomic E-state index is 11.4. The summed E-state index contributed by atoms with van der Waals surface area (Å²) in [5, 5.41) is 13.6. The van der Waals surface area contributed by atoms with Crippen molar-refractivity contribution in [2.24, 2.45) is 0 Å². The Morgan fingerprint density at radius 3 is 2.47 bits per heavy atom. The van der Waals surface area contributed by atoms with Gasteiger partial charge in [0.25, 0.3) is 0 Å². The van der Waals surface area contributed by atoms with Crippen molar-refractivity contribution in [2.45, 2.75) is 6.92 Å². The molecule has 0 heterocycles. The van der Waals surface area contributed by atoms with E-state index in [1.807, 2.05) is 0 Å². The largest absolute Gasteiger partial charge is 0.478 e. The molecule has 0 aromatic heterocycles. The van der Waals surface area contributed by atoms with E-state index in [1.165, 1.54) is 19.1 Å². The maximum absolute atomic E-state index is 11.4. The third-order valence-electron chi connectivity index (χ3n) is 1.93. The van der Waals surface area contributed by atoms with E-state index in [0.717, 1.165) is 0 Å². The van der Waals surface area contributed by atoms with Crippen LogP contribution in [0.25, 0.3) is 0 Å². The summed E-state index contributed by atoms with van der Waals surface area (Å²) in [4.78, 5) is 32.8. The lowest BCUT2D eigenvalue weighted by Gasteiger charge is -2.08. The Balaban J connectivity index is 2.71. The van der Waals surface area contributed by atoms with Gasteiger partial charge in [0.1, 0.15) is 0 Å². The van der Waals surface area contributed by atoms with Gasteiger partial charge in [-0.1, -0.05) is 12.1 Å². The van der Waals surface area contributed by atoms with Crippen LogP contribution in [0.15, 0.2) is 24.3 Å². The summed E-state index contributed by atoms with van der Waals surface area (Å²) in [6, 6.07) is 6.04. The summed E-state index contributed by atoms with van der Waals surface area (Å²) in [6.07, 6.45) is 0. The van der Waals surface area contributed by atoms with Crippen LogP contribution in [0, 0.1) is 0 Å². The second-order valence-electron chi connectivity index (χ2n) is 3.31. The van der Waals surface area contributed by atoms with Crippen molar-refractivity contribution in [1.29, 1.82) is 0 Å². The van der Waals surface area contributed by atoms with Crippen LogP contribution in [0.4, 0.5) is 5.69 Å². The first kappa shape index (κ1) is 12.7. The van der Waals surface area contributed by atoms with Gasteiger partial charge in [-0.3, -0.25) is 9.59 Å². The van der Waals surface area contributed by atoms with E-state index in [9.17, 15) is 14.4 Å². The Morgan fingerprint density at radius 2 is 1.88 bits per heavy atom. The molecule has 0 unspecified atom stereocenters. The van der Waals surface area contributed by atoms with E-state index in [1.54, 1.807) is 12.1 Å². The summed E-state index contributed by atoms with van der Waals surface area (Å²) < 4.78 is 0. The van der Waals surface area contributed by atoms with Crippen molar-refractivity contribution >= 4 is 23.5 Å². The molecule has 1 aromatic carbocycles. The van der Waals surface area contributed by atoms with Gasteiger partial charge in [-0.05, 0) is 12.1 Å². The minimum atomic E-state index is -1.12. The van der Waals surface area contributed by atoms with Gasteiger partial charge in [-0.2, -0.15) is 0 Å². The average molecular weight is 236 g/mol. The van der Waals surface area contributed by atoms with E-state index >= 15 is 0 Å². The third-order valence-corrected chi connectivity index (χ3v) is 1.93. The molecular weight excluding hydrogens is 224 g/mol. The Bertz CT molecular complexity index is 457. The molecule has 6 heteroatoms. The summed E-state index contributed by atoms with van der Waals surface area (Å²) in [7, 11) is 0. The topological polar surface area (TPSA) is 95.5 Å². The van der Waals surface area contributed by atoms with Crippen LogP contribution in [-0.2, 0) is 9.59 Å². The molecular formula is C11H12N2O4. The van der Waals surface area contributed by atoms with Crippen molar-refractivity contribution < 1.29 is 19.5 Å². The van der Waals surface area contributed by atoms with Crippen LogP contribution in [0.3, 0.4) is 0 Å². The molecule has 0 bridgehead atoms. The van der Waals surface area contributed by atoms with Crippen molar-refractivity contribution in [3.8, 4) is 0 Å². The number of anilines is 1. The van der Waals surface area contributed by atoms with Crippen LogP contribution in [-0.4, -0.2) is 29.4 Å². The number of hydrogen-bond donors (Lipinski definition) is 3. The zero-order chi connectivity index (χ0) is 12.8. The van der Waals surface area contributed by atoms with Gasteiger partial charge in [0, 0.05) is 6.92 Å². The molecule has 0 aliphatic carbocycles. The van der Waals surface area contributed by atoms with E-state index < -0.39 is 11.9 Å². The number of hydrogen-bond acceptors (Lipinski definition) is 3. The number of para-hydroxylation sites is 1. The minimum absolute atomic E-state index is 0.00340. The normalized spacial score (nSPS) is 9.47. The molecule has 3 N–H and O–H groups in total. The highest BCUT2D eigenvalue weighted by atomic mass is 16.4. The first-order valence-corrected chi connectivity index (χ1v) is 4.87. The number of rotatable bonds is 4. The molecule has 90 valence electrons. The Labute approximate surface area is 97.6 Å². The monoisotopic (exact) mass is 236 g/mol. The number of carbonyl (C=O) groups excluding carboxylic acids is 2. The highest BCUT2D eigenvalue weighted by molar-refractivity contribution is 6.01. The van der Waals surface area contributed by atoms with E-state index in [0.29, 0.717) is 0 Å². The minimum Gasteiger partial charge on any atom is -0.478 e. The molecule has 17 heavy (non-hydrogen) atoms. The fourth-order valence-electron chi connectivity index (χ4n) is 1.18. The second kappa shape index (κ2) is 5.64. The summed E-state index contributed by atoms with van der Waals surface area (Å²) in [6.45, 7) is 1.10. The Hall–Kier alpha value is -2.37. The van der Waals surface area contributed by atoms with Gasteiger partial charge in [0.2, 0.25) is 11.8 Å². The molecule has 0 radical (unpaired) electrons. The molecule has 0 saturated heterocycles. The number of carbonyl (C=O) groups is 3. The van der Waals surface area contributed by atoms with Crippen molar-refractivity contribution in [3.05, 3.63) is 29.8 Å². The van der Waals surface area contributed by atoms with Gasteiger partial charge >= 0.3 is 5.97 Å². The van der Waals surface area contributed by atoms with Crippen LogP contribution >= 0.6 is 0 Å².